The number of carbonyl (C=O) groups excluding carboxylic acids is 1. The van der Waals surface area contributed by atoms with Crippen molar-refractivity contribution in [3.63, 3.8) is 0 Å². The van der Waals surface area contributed by atoms with Gasteiger partial charge in [-0.15, -0.1) is 11.3 Å². The molecular weight excluding hydrogens is 342 g/mol. The van der Waals surface area contributed by atoms with Crippen LogP contribution in [0.3, 0.4) is 0 Å². The Balaban J connectivity index is 1.70. The number of aromatic nitrogens is 2. The number of hydrogen-bond acceptors (Lipinski definition) is 3. The van der Waals surface area contributed by atoms with E-state index in [0.717, 1.165) is 38.5 Å². The van der Waals surface area contributed by atoms with Crippen molar-refractivity contribution in [3.05, 3.63) is 71.1 Å². The molecule has 2 aromatic carbocycles. The fourth-order valence-electron chi connectivity index (χ4n) is 3.16. The van der Waals surface area contributed by atoms with E-state index in [2.05, 4.69) is 5.32 Å². The maximum atomic E-state index is 12.8. The Hall–Kier alpha value is -2.92. The lowest BCUT2D eigenvalue weighted by atomic mass is 10.1. The molecule has 1 amide bonds. The highest BCUT2D eigenvalue weighted by molar-refractivity contribution is 7.13. The molecule has 1 N–H and O–H groups in total. The summed E-state index contributed by atoms with van der Waals surface area (Å²) in [7, 11) is 0. The lowest BCUT2D eigenvalue weighted by Crippen LogP contribution is -2.20. The Kier molecular flexibility index (Phi) is 4.31. The molecule has 0 fully saturated rings. The molecule has 0 bridgehead atoms. The van der Waals surface area contributed by atoms with Gasteiger partial charge in [0.2, 0.25) is 5.91 Å². The second-order valence-electron chi connectivity index (χ2n) is 6.30. The number of anilines is 1. The number of para-hydroxylation sites is 3. The first kappa shape index (κ1) is 16.5. The molecule has 0 unspecified atom stereocenters. The molecule has 4 nitrogen and oxygen atoms in total. The first-order valence-corrected chi connectivity index (χ1v) is 9.36. The number of hydrogen-bond donors (Lipinski definition) is 1. The van der Waals surface area contributed by atoms with Gasteiger partial charge in [0.05, 0.1) is 15.9 Å². The minimum atomic E-state index is -0.0524. The second kappa shape index (κ2) is 6.77. The summed E-state index contributed by atoms with van der Waals surface area (Å²) in [5.41, 5.74) is 4.88. The summed E-state index contributed by atoms with van der Waals surface area (Å²) < 4.78 is 1.99. The predicted octanol–water partition coefficient (Wildman–Crippen LogP) is 5.02. The smallest absolute Gasteiger partial charge is 0.244 e. The topological polar surface area (TPSA) is 46.9 Å². The zero-order valence-corrected chi connectivity index (χ0v) is 15.5. The summed E-state index contributed by atoms with van der Waals surface area (Å²) in [4.78, 5) is 18.6. The first-order valence-electron chi connectivity index (χ1n) is 8.48. The Labute approximate surface area is 156 Å². The molecule has 0 spiro atoms. The van der Waals surface area contributed by atoms with Gasteiger partial charge >= 0.3 is 0 Å². The fourth-order valence-corrected chi connectivity index (χ4v) is 3.89. The quantitative estimate of drug-likeness (QED) is 0.555. The van der Waals surface area contributed by atoms with Gasteiger partial charge in [-0.3, -0.25) is 4.79 Å². The van der Waals surface area contributed by atoms with E-state index in [1.165, 1.54) is 0 Å². The van der Waals surface area contributed by atoms with Gasteiger partial charge in [0.1, 0.15) is 6.54 Å². The largest absolute Gasteiger partial charge is 0.324 e. The zero-order chi connectivity index (χ0) is 18.1. The van der Waals surface area contributed by atoms with Crippen molar-refractivity contribution >= 4 is 34.0 Å². The van der Waals surface area contributed by atoms with E-state index in [1.807, 2.05) is 78.4 Å². The van der Waals surface area contributed by atoms with E-state index in [0.29, 0.717) is 0 Å². The van der Waals surface area contributed by atoms with Gasteiger partial charge < -0.3 is 9.88 Å². The highest BCUT2D eigenvalue weighted by Gasteiger charge is 2.16. The van der Waals surface area contributed by atoms with E-state index in [4.69, 9.17) is 4.98 Å². The summed E-state index contributed by atoms with van der Waals surface area (Å²) in [6.07, 6.45) is 0. The minimum absolute atomic E-state index is 0.0524. The van der Waals surface area contributed by atoms with Crippen molar-refractivity contribution < 1.29 is 4.79 Å². The fraction of sp³-hybridized carbons (Fsp3) is 0.143. The third-order valence-corrected chi connectivity index (χ3v) is 5.31. The van der Waals surface area contributed by atoms with Crippen LogP contribution in [0.2, 0.25) is 0 Å². The Morgan fingerprint density at radius 3 is 2.54 bits per heavy atom. The third-order valence-electron chi connectivity index (χ3n) is 4.44. The van der Waals surface area contributed by atoms with Gasteiger partial charge in [-0.05, 0) is 48.6 Å². The predicted molar refractivity (Wildman–Crippen MR) is 108 cm³/mol. The maximum absolute atomic E-state index is 12.8. The lowest BCUT2D eigenvalue weighted by Gasteiger charge is -2.13. The molecule has 0 aliphatic rings. The monoisotopic (exact) mass is 361 g/mol. The van der Waals surface area contributed by atoms with Crippen molar-refractivity contribution in [2.24, 2.45) is 0 Å². The van der Waals surface area contributed by atoms with Gasteiger partial charge in [0.25, 0.3) is 0 Å². The van der Waals surface area contributed by atoms with Crippen LogP contribution in [0.5, 0.6) is 0 Å². The van der Waals surface area contributed by atoms with Gasteiger partial charge in [-0.25, -0.2) is 4.98 Å². The normalized spacial score (nSPS) is 11.0. The van der Waals surface area contributed by atoms with E-state index >= 15 is 0 Å². The number of nitrogens with one attached hydrogen (secondary N) is 1. The van der Waals surface area contributed by atoms with Crippen LogP contribution in [-0.4, -0.2) is 15.5 Å². The van der Waals surface area contributed by atoms with Crippen molar-refractivity contribution in [3.8, 4) is 10.7 Å². The molecule has 0 radical (unpaired) electrons. The number of benzene rings is 2. The zero-order valence-electron chi connectivity index (χ0n) is 14.7. The molecule has 26 heavy (non-hydrogen) atoms. The molecule has 0 aliphatic carbocycles. The highest BCUT2D eigenvalue weighted by atomic mass is 32.1. The van der Waals surface area contributed by atoms with Crippen LogP contribution in [0.25, 0.3) is 21.7 Å². The molecule has 0 atom stereocenters. The number of amides is 1. The SMILES string of the molecule is Cc1cccc(C)c1NC(=O)Cn1c(-c2cccs2)nc2ccccc21. The highest BCUT2D eigenvalue weighted by Crippen LogP contribution is 2.28. The summed E-state index contributed by atoms with van der Waals surface area (Å²) in [6.45, 7) is 4.24. The van der Waals surface area contributed by atoms with E-state index in [-0.39, 0.29) is 12.5 Å². The lowest BCUT2D eigenvalue weighted by molar-refractivity contribution is -0.116. The third kappa shape index (κ3) is 3.02. The number of rotatable bonds is 4. The number of fused-ring (bicyclic) bond motifs is 1. The maximum Gasteiger partial charge on any atom is 0.244 e. The number of thiophene rings is 1. The molecule has 4 rings (SSSR count). The number of imidazole rings is 1. The Bertz CT molecular complexity index is 1060. The van der Waals surface area contributed by atoms with Crippen LogP contribution in [0.4, 0.5) is 5.69 Å². The molecule has 5 heteroatoms. The molecule has 0 saturated heterocycles. The molecular formula is C21H19N3OS. The average Bonchev–Trinajstić information content (AvgIpc) is 3.27. The minimum Gasteiger partial charge on any atom is -0.324 e. The number of carbonyl (C=O) groups is 1. The number of nitrogens with zero attached hydrogens (tertiary/aromatic N) is 2. The van der Waals surface area contributed by atoms with E-state index in [9.17, 15) is 4.79 Å². The average molecular weight is 361 g/mol. The number of aryl methyl sites for hydroxylation is 2. The first-order chi connectivity index (χ1) is 12.6. The summed E-state index contributed by atoms with van der Waals surface area (Å²) >= 11 is 1.63. The van der Waals surface area contributed by atoms with Crippen LogP contribution in [0, 0.1) is 13.8 Å². The van der Waals surface area contributed by atoms with Crippen molar-refractivity contribution in [2.75, 3.05) is 5.32 Å². The van der Waals surface area contributed by atoms with Gasteiger partial charge in [0, 0.05) is 5.69 Å². The summed E-state index contributed by atoms with van der Waals surface area (Å²) in [6, 6.07) is 18.0. The summed E-state index contributed by atoms with van der Waals surface area (Å²) in [5.74, 6) is 0.779. The standard InChI is InChI=1S/C21H19N3OS/c1-14-7-5-8-15(2)20(14)23-19(25)13-24-17-10-4-3-9-16(17)22-21(24)18-11-6-12-26-18/h3-12H,13H2,1-2H3,(H,23,25). The van der Waals surface area contributed by atoms with Gasteiger partial charge in [-0.2, -0.15) is 0 Å². The van der Waals surface area contributed by atoms with Gasteiger partial charge in [0.15, 0.2) is 5.82 Å². The van der Waals surface area contributed by atoms with E-state index in [1.54, 1.807) is 11.3 Å². The van der Waals surface area contributed by atoms with Crippen LogP contribution >= 0.6 is 11.3 Å². The second-order valence-corrected chi connectivity index (χ2v) is 7.25. The van der Waals surface area contributed by atoms with Crippen molar-refractivity contribution in [2.45, 2.75) is 20.4 Å². The Morgan fingerprint density at radius 2 is 1.81 bits per heavy atom. The van der Waals surface area contributed by atoms with Crippen LogP contribution in [-0.2, 0) is 11.3 Å². The van der Waals surface area contributed by atoms with Crippen LogP contribution in [0.1, 0.15) is 11.1 Å². The molecule has 0 aliphatic heterocycles. The molecule has 2 heterocycles. The summed E-state index contributed by atoms with van der Waals surface area (Å²) in [5, 5.41) is 5.09. The van der Waals surface area contributed by atoms with E-state index < -0.39 is 0 Å². The van der Waals surface area contributed by atoms with Crippen LogP contribution < -0.4 is 5.32 Å². The molecule has 2 aromatic heterocycles. The van der Waals surface area contributed by atoms with Crippen molar-refractivity contribution in [1.29, 1.82) is 0 Å². The van der Waals surface area contributed by atoms with Crippen LogP contribution in [0.15, 0.2) is 60.0 Å². The molecule has 0 saturated carbocycles. The van der Waals surface area contributed by atoms with Gasteiger partial charge in [-0.1, -0.05) is 36.4 Å². The molecule has 130 valence electrons. The van der Waals surface area contributed by atoms with Crippen molar-refractivity contribution in [1.82, 2.24) is 9.55 Å². The Morgan fingerprint density at radius 1 is 1.04 bits per heavy atom. The molecule has 4 aromatic rings.